The lowest BCUT2D eigenvalue weighted by Crippen LogP contribution is -2.54. The number of rotatable bonds is 16. The molecule has 1 aliphatic heterocycles. The Labute approximate surface area is 272 Å². The summed E-state index contributed by atoms with van der Waals surface area (Å²) >= 11 is 5.98. The summed E-state index contributed by atoms with van der Waals surface area (Å²) in [6.07, 6.45) is -3.42. The minimum absolute atomic E-state index is 0.0568. The van der Waals surface area contributed by atoms with E-state index in [-0.39, 0.29) is 42.2 Å². The van der Waals surface area contributed by atoms with Gasteiger partial charge in [-0.3, -0.25) is 19.2 Å². The number of pyridine rings is 1. The van der Waals surface area contributed by atoms with Crippen molar-refractivity contribution in [1.82, 2.24) is 20.1 Å². The maximum Gasteiger partial charge on any atom is 0.417 e. The van der Waals surface area contributed by atoms with Gasteiger partial charge in [0.25, 0.3) is 0 Å². The summed E-state index contributed by atoms with van der Waals surface area (Å²) in [6, 6.07) is -0.207. The van der Waals surface area contributed by atoms with Crippen molar-refractivity contribution in [1.29, 1.82) is 0 Å². The Morgan fingerprint density at radius 2 is 1.83 bits per heavy atom. The summed E-state index contributed by atoms with van der Waals surface area (Å²) in [5.41, 5.74) is -1.01. The van der Waals surface area contributed by atoms with Crippen molar-refractivity contribution >= 4 is 41.1 Å². The van der Waals surface area contributed by atoms with Crippen LogP contribution in [0.5, 0.6) is 0 Å². The van der Waals surface area contributed by atoms with Gasteiger partial charge in [0.05, 0.1) is 60.9 Å². The molecule has 6 unspecified atom stereocenters. The number of nitrogens with one attached hydrogen (secondary N) is 2. The van der Waals surface area contributed by atoms with Gasteiger partial charge in [0.1, 0.15) is 12.4 Å². The third-order valence-corrected chi connectivity index (χ3v) is 8.80. The van der Waals surface area contributed by atoms with Gasteiger partial charge in [0.15, 0.2) is 0 Å². The number of likely N-dealkylation sites (N-methyl/N-ethyl adjacent to an activating group) is 1. The molecule has 0 bridgehead atoms. The van der Waals surface area contributed by atoms with Gasteiger partial charge >= 0.3 is 12.1 Å². The zero-order chi connectivity index (χ0) is 34.8. The molecule has 1 aromatic heterocycles. The number of carbonyl (C=O) groups excluding carboxylic acids is 4. The van der Waals surface area contributed by atoms with Gasteiger partial charge in [-0.2, -0.15) is 13.2 Å². The predicted octanol–water partition coefficient (Wildman–Crippen LogP) is 3.38. The lowest BCUT2D eigenvalue weighted by molar-refractivity contribution is -0.146. The molecule has 0 aromatic carbocycles. The van der Waals surface area contributed by atoms with Crippen LogP contribution in [0.1, 0.15) is 52.0 Å². The van der Waals surface area contributed by atoms with E-state index in [9.17, 15) is 32.3 Å². The molecule has 12 nitrogen and oxygen atoms in total. The van der Waals surface area contributed by atoms with Gasteiger partial charge < -0.3 is 34.6 Å². The van der Waals surface area contributed by atoms with E-state index in [1.54, 1.807) is 18.9 Å². The molecular weight excluding hydrogens is 635 g/mol. The first-order valence-corrected chi connectivity index (χ1v) is 15.4. The molecule has 1 aliphatic rings. The van der Waals surface area contributed by atoms with Gasteiger partial charge in [0, 0.05) is 34.0 Å². The summed E-state index contributed by atoms with van der Waals surface area (Å²) in [7, 11) is 5.73. The average Bonchev–Trinajstić information content (AvgIpc) is 3.51. The highest BCUT2D eigenvalue weighted by atomic mass is 35.5. The van der Waals surface area contributed by atoms with Crippen LogP contribution in [-0.4, -0.2) is 111 Å². The standard InChI is InChI=1S/C30H45ClF3N5O7/c1-8-17(2)26(38(4)24(41)15-36-28-20(31)12-19(14-35-28)30(32,33)34)22(44-5)13-23(40)39-11-9-10-21(39)27(46-7)18(3)29(43)37-16-25(42)45-6/h12,14,17-18,21-22,26-27H,8-11,13,15-16H2,1-7H3,(H,35,36)(H,37,43). The molecule has 16 heteroatoms. The number of esters is 1. The van der Waals surface area contributed by atoms with E-state index in [1.807, 2.05) is 13.8 Å². The summed E-state index contributed by atoms with van der Waals surface area (Å²) in [5.74, 6) is -2.50. The lowest BCUT2D eigenvalue weighted by atomic mass is 9.90. The van der Waals surface area contributed by atoms with Crippen molar-refractivity contribution in [3.8, 4) is 0 Å². The van der Waals surface area contributed by atoms with Crippen LogP contribution in [0, 0.1) is 11.8 Å². The molecule has 260 valence electrons. The Balaban J connectivity index is 2.16. The van der Waals surface area contributed by atoms with Crippen molar-refractivity contribution in [2.45, 2.75) is 76.9 Å². The van der Waals surface area contributed by atoms with Crippen molar-refractivity contribution in [2.75, 3.05) is 53.3 Å². The number of ether oxygens (including phenoxy) is 3. The third kappa shape index (κ3) is 10.2. The summed E-state index contributed by atoms with van der Waals surface area (Å²) in [5, 5.41) is 4.95. The van der Waals surface area contributed by atoms with Gasteiger partial charge in [0.2, 0.25) is 17.7 Å². The van der Waals surface area contributed by atoms with Gasteiger partial charge in [-0.1, -0.05) is 38.8 Å². The highest BCUT2D eigenvalue weighted by molar-refractivity contribution is 6.33. The molecule has 1 fully saturated rings. The van der Waals surface area contributed by atoms with Crippen LogP contribution in [0.4, 0.5) is 19.0 Å². The Kier molecular flexibility index (Phi) is 15.0. The van der Waals surface area contributed by atoms with Crippen molar-refractivity contribution in [2.24, 2.45) is 11.8 Å². The van der Waals surface area contributed by atoms with Crippen LogP contribution in [-0.2, 0) is 39.6 Å². The molecular formula is C30H45ClF3N5O7. The highest BCUT2D eigenvalue weighted by Crippen LogP contribution is 2.33. The number of alkyl halides is 3. The van der Waals surface area contributed by atoms with Crippen LogP contribution < -0.4 is 10.6 Å². The quantitative estimate of drug-likeness (QED) is 0.252. The molecule has 2 N–H and O–H groups in total. The third-order valence-electron chi connectivity index (χ3n) is 8.51. The number of anilines is 1. The first-order valence-electron chi connectivity index (χ1n) is 15.0. The topological polar surface area (TPSA) is 139 Å². The van der Waals surface area contributed by atoms with Gasteiger partial charge in [-0.25, -0.2) is 4.98 Å². The predicted molar refractivity (Wildman–Crippen MR) is 164 cm³/mol. The normalized spacial score (nSPS) is 18.2. The molecule has 0 aliphatic carbocycles. The second kappa shape index (κ2) is 17.7. The molecule has 0 spiro atoms. The number of likely N-dealkylation sites (tertiary alicyclic amines) is 1. The van der Waals surface area contributed by atoms with Crippen LogP contribution in [0.3, 0.4) is 0 Å². The van der Waals surface area contributed by atoms with Crippen molar-refractivity contribution < 1.29 is 46.6 Å². The van der Waals surface area contributed by atoms with Crippen molar-refractivity contribution in [3.05, 3.63) is 22.8 Å². The second-order valence-electron chi connectivity index (χ2n) is 11.3. The average molecular weight is 680 g/mol. The number of nitrogens with zero attached hydrogens (tertiary/aromatic N) is 3. The highest BCUT2D eigenvalue weighted by Gasteiger charge is 2.42. The van der Waals surface area contributed by atoms with Gasteiger partial charge in [-0.15, -0.1) is 0 Å². The molecule has 1 aromatic rings. The molecule has 0 radical (unpaired) electrons. The lowest BCUT2D eigenvalue weighted by Gasteiger charge is -2.39. The maximum absolute atomic E-state index is 13.8. The zero-order valence-electron chi connectivity index (χ0n) is 27.3. The number of amides is 3. The molecule has 46 heavy (non-hydrogen) atoms. The fourth-order valence-corrected chi connectivity index (χ4v) is 5.96. The minimum Gasteiger partial charge on any atom is -0.468 e. The molecule has 2 rings (SSSR count). The van der Waals surface area contributed by atoms with Crippen molar-refractivity contribution in [3.63, 3.8) is 0 Å². The Morgan fingerprint density at radius 3 is 2.37 bits per heavy atom. The number of hydrogen-bond donors (Lipinski definition) is 2. The number of carbonyl (C=O) groups is 4. The minimum atomic E-state index is -4.61. The summed E-state index contributed by atoms with van der Waals surface area (Å²) < 4.78 is 55.0. The second-order valence-corrected chi connectivity index (χ2v) is 11.8. The molecule has 0 saturated carbocycles. The van der Waals surface area contributed by atoms with E-state index in [0.29, 0.717) is 32.0 Å². The molecule has 6 atom stereocenters. The van der Waals surface area contributed by atoms with E-state index < -0.39 is 59.7 Å². The number of methoxy groups -OCH3 is 3. The largest absolute Gasteiger partial charge is 0.468 e. The van der Waals surface area contributed by atoms with Crippen LogP contribution in [0.15, 0.2) is 12.3 Å². The fraction of sp³-hybridized carbons (Fsp3) is 0.700. The summed E-state index contributed by atoms with van der Waals surface area (Å²) in [6.45, 7) is 5.39. The fourth-order valence-electron chi connectivity index (χ4n) is 5.72. The molecule has 1 saturated heterocycles. The smallest absolute Gasteiger partial charge is 0.417 e. The van der Waals surface area contributed by atoms with E-state index >= 15 is 0 Å². The Bertz CT molecular complexity index is 1210. The molecule has 3 amide bonds. The Morgan fingerprint density at radius 1 is 1.15 bits per heavy atom. The van der Waals surface area contributed by atoms with Crippen LogP contribution in [0.2, 0.25) is 5.02 Å². The SMILES string of the molecule is CCC(C)C(C(CC(=O)N1CCCC1C(OC)C(C)C(=O)NCC(=O)OC)OC)N(C)C(=O)CNc1ncc(C(F)(F)F)cc1Cl. The Hall–Kier alpha value is -3.17. The summed E-state index contributed by atoms with van der Waals surface area (Å²) in [4.78, 5) is 58.1. The van der Waals surface area contributed by atoms with Crippen LogP contribution in [0.25, 0.3) is 0 Å². The van der Waals surface area contributed by atoms with E-state index in [4.69, 9.17) is 21.1 Å². The first-order chi connectivity index (χ1) is 21.6. The van der Waals surface area contributed by atoms with Crippen LogP contribution >= 0.6 is 11.6 Å². The molecule has 2 heterocycles. The van der Waals surface area contributed by atoms with E-state index in [0.717, 1.165) is 6.07 Å². The first kappa shape index (κ1) is 39.0. The zero-order valence-corrected chi connectivity index (χ0v) is 28.0. The van der Waals surface area contributed by atoms with Gasteiger partial charge in [-0.05, 0) is 24.8 Å². The van der Waals surface area contributed by atoms with E-state index in [1.165, 1.54) is 26.2 Å². The maximum atomic E-state index is 13.8. The number of aromatic nitrogens is 1. The monoisotopic (exact) mass is 679 g/mol. The van der Waals surface area contributed by atoms with E-state index in [2.05, 4.69) is 20.4 Å². The number of halogens is 4. The number of hydrogen-bond acceptors (Lipinski definition) is 9.